The van der Waals surface area contributed by atoms with Gasteiger partial charge in [-0.25, -0.2) is 13.2 Å². The van der Waals surface area contributed by atoms with Gasteiger partial charge < -0.3 is 14.4 Å². The predicted octanol–water partition coefficient (Wildman–Crippen LogP) is 4.25. The van der Waals surface area contributed by atoms with Crippen molar-refractivity contribution >= 4 is 21.7 Å². The Hall–Kier alpha value is -3.49. The molecule has 38 heavy (non-hydrogen) atoms. The normalized spacial score (nSPS) is 19.5. The first-order valence-corrected chi connectivity index (χ1v) is 14.2. The fraction of sp³-hybridized carbons (Fsp3) is 0.333. The van der Waals surface area contributed by atoms with E-state index in [0.717, 1.165) is 22.3 Å². The van der Waals surface area contributed by atoms with Crippen LogP contribution in [0, 0.1) is 19.8 Å². The monoisotopic (exact) mass is 535 g/mol. The minimum atomic E-state index is -4.14. The number of sulfone groups is 1. The number of nitrogens with zero attached hydrogens (tertiary/aromatic N) is 1. The lowest BCUT2D eigenvalue weighted by Crippen LogP contribution is -2.43. The third-order valence-electron chi connectivity index (χ3n) is 6.76. The zero-order valence-electron chi connectivity index (χ0n) is 21.9. The van der Waals surface area contributed by atoms with Crippen molar-refractivity contribution in [2.45, 2.75) is 50.1 Å². The van der Waals surface area contributed by atoms with E-state index < -0.39 is 38.9 Å². The molecule has 1 aliphatic heterocycles. The minimum absolute atomic E-state index is 0.0364. The van der Waals surface area contributed by atoms with Gasteiger partial charge in [0.15, 0.2) is 15.1 Å². The number of aryl methyl sites for hydroxylation is 2. The summed E-state index contributed by atoms with van der Waals surface area (Å²) in [6, 6.07) is 22.3. The number of carbonyl (C=O) groups is 2. The molecule has 1 heterocycles. The van der Waals surface area contributed by atoms with Gasteiger partial charge in [0.05, 0.1) is 24.7 Å². The number of carbonyl (C=O) groups excluding carboxylic acids is 2. The highest BCUT2D eigenvalue weighted by Crippen LogP contribution is 2.36. The molecule has 4 rings (SSSR count). The van der Waals surface area contributed by atoms with E-state index >= 15 is 0 Å². The van der Waals surface area contributed by atoms with Gasteiger partial charge in [0.1, 0.15) is 6.04 Å². The largest absolute Gasteiger partial charge is 0.464 e. The van der Waals surface area contributed by atoms with Crippen LogP contribution >= 0.6 is 0 Å². The average molecular weight is 536 g/mol. The van der Waals surface area contributed by atoms with E-state index in [9.17, 15) is 18.0 Å². The van der Waals surface area contributed by atoms with Crippen molar-refractivity contribution in [2.75, 3.05) is 13.2 Å². The number of hydrogen-bond acceptors (Lipinski definition) is 6. The molecule has 8 heteroatoms. The van der Waals surface area contributed by atoms with Gasteiger partial charge in [-0.3, -0.25) is 4.79 Å². The highest BCUT2D eigenvalue weighted by atomic mass is 32.2. The molecule has 0 radical (unpaired) electrons. The lowest BCUT2D eigenvalue weighted by molar-refractivity contribution is -0.153. The quantitative estimate of drug-likeness (QED) is 0.361. The Bertz CT molecular complexity index is 1350. The van der Waals surface area contributed by atoms with Gasteiger partial charge in [-0.05, 0) is 44.0 Å². The highest BCUT2D eigenvalue weighted by molar-refractivity contribution is 7.92. The standard InChI is InChI=1S/C30H33NO6S/c1-4-37-30(33)27-26(20-36-19-24-8-6-5-7-9-24)28(38(34,35)25-16-12-22(3)13-17-25)29(32)31(27)18-23-14-10-21(2)11-15-23/h5-17,26-28H,4,18-20H2,1-3H3/t26-,27+,28+/m0/s1. The summed E-state index contributed by atoms with van der Waals surface area (Å²) >= 11 is 0. The molecule has 0 spiro atoms. The van der Waals surface area contributed by atoms with Crippen molar-refractivity contribution in [2.24, 2.45) is 5.92 Å². The minimum Gasteiger partial charge on any atom is -0.464 e. The van der Waals surface area contributed by atoms with E-state index in [1.54, 1.807) is 19.1 Å². The van der Waals surface area contributed by atoms with E-state index in [0.29, 0.717) is 0 Å². The topological polar surface area (TPSA) is 90.0 Å². The summed E-state index contributed by atoms with van der Waals surface area (Å²) in [6.45, 7) is 5.79. The summed E-state index contributed by atoms with van der Waals surface area (Å²) in [6.07, 6.45) is 0. The number of likely N-dealkylation sites (tertiary alicyclic amines) is 1. The molecular weight excluding hydrogens is 502 g/mol. The second-order valence-electron chi connectivity index (χ2n) is 9.59. The number of rotatable bonds is 10. The second-order valence-corrected chi connectivity index (χ2v) is 11.7. The molecule has 0 saturated carbocycles. The Kier molecular flexibility index (Phi) is 8.64. The van der Waals surface area contributed by atoms with Crippen molar-refractivity contribution in [3.63, 3.8) is 0 Å². The maximum Gasteiger partial charge on any atom is 0.329 e. The Labute approximate surface area is 224 Å². The summed E-state index contributed by atoms with van der Waals surface area (Å²) in [5.74, 6) is -2.22. The molecular formula is C30H33NO6S. The van der Waals surface area contributed by atoms with Gasteiger partial charge in [-0.15, -0.1) is 0 Å². The summed E-state index contributed by atoms with van der Waals surface area (Å²) < 4.78 is 39.1. The summed E-state index contributed by atoms with van der Waals surface area (Å²) in [7, 11) is -4.14. The van der Waals surface area contributed by atoms with Crippen LogP contribution in [0.25, 0.3) is 0 Å². The van der Waals surface area contributed by atoms with Crippen LogP contribution in [0.15, 0.2) is 83.8 Å². The van der Waals surface area contributed by atoms with Gasteiger partial charge in [0.2, 0.25) is 5.91 Å². The van der Waals surface area contributed by atoms with Gasteiger partial charge in [-0.2, -0.15) is 0 Å². The van der Waals surface area contributed by atoms with E-state index in [4.69, 9.17) is 9.47 Å². The Morgan fingerprint density at radius 3 is 2.08 bits per heavy atom. The number of amides is 1. The molecule has 0 aliphatic carbocycles. The van der Waals surface area contributed by atoms with E-state index in [-0.39, 0.29) is 31.3 Å². The summed E-state index contributed by atoms with van der Waals surface area (Å²) in [5, 5.41) is -1.49. The third kappa shape index (κ3) is 5.97. The smallest absolute Gasteiger partial charge is 0.329 e. The average Bonchev–Trinajstić information content (AvgIpc) is 3.18. The molecule has 3 atom stereocenters. The molecule has 3 aromatic carbocycles. The van der Waals surface area contributed by atoms with Crippen molar-refractivity contribution in [1.82, 2.24) is 4.90 Å². The van der Waals surface area contributed by atoms with E-state index in [1.165, 1.54) is 17.0 Å². The lowest BCUT2D eigenvalue weighted by Gasteiger charge is -2.26. The Morgan fingerprint density at radius 2 is 1.47 bits per heavy atom. The van der Waals surface area contributed by atoms with Gasteiger partial charge in [0.25, 0.3) is 0 Å². The van der Waals surface area contributed by atoms with Crippen LogP contribution < -0.4 is 0 Å². The first-order valence-electron chi connectivity index (χ1n) is 12.7. The van der Waals surface area contributed by atoms with Crippen LogP contribution in [0.1, 0.15) is 29.2 Å². The number of benzene rings is 3. The van der Waals surface area contributed by atoms with Crippen molar-refractivity contribution in [1.29, 1.82) is 0 Å². The zero-order valence-corrected chi connectivity index (χ0v) is 22.7. The highest BCUT2D eigenvalue weighted by Gasteiger charge is 2.57. The molecule has 7 nitrogen and oxygen atoms in total. The first-order chi connectivity index (χ1) is 18.2. The summed E-state index contributed by atoms with van der Waals surface area (Å²) in [5.41, 5.74) is 3.64. The molecule has 1 aliphatic rings. The molecule has 1 amide bonds. The second kappa shape index (κ2) is 11.9. The molecule has 0 bridgehead atoms. The number of esters is 1. The van der Waals surface area contributed by atoms with Crippen LogP contribution in [-0.4, -0.2) is 49.7 Å². The van der Waals surface area contributed by atoms with Crippen molar-refractivity contribution in [3.8, 4) is 0 Å². The first kappa shape index (κ1) is 27.5. The molecule has 0 aromatic heterocycles. The number of hydrogen-bond donors (Lipinski definition) is 0. The Balaban J connectivity index is 1.73. The van der Waals surface area contributed by atoms with Crippen molar-refractivity contribution < 1.29 is 27.5 Å². The zero-order chi connectivity index (χ0) is 27.3. The van der Waals surface area contributed by atoms with Crippen LogP contribution in [0.4, 0.5) is 0 Å². The molecule has 0 unspecified atom stereocenters. The van der Waals surface area contributed by atoms with Crippen LogP contribution in [-0.2, 0) is 42.1 Å². The van der Waals surface area contributed by atoms with Crippen LogP contribution in [0.3, 0.4) is 0 Å². The summed E-state index contributed by atoms with van der Waals surface area (Å²) in [4.78, 5) is 28.6. The van der Waals surface area contributed by atoms with Gasteiger partial charge >= 0.3 is 5.97 Å². The maximum absolute atomic E-state index is 13.9. The van der Waals surface area contributed by atoms with E-state index in [1.807, 2.05) is 68.4 Å². The van der Waals surface area contributed by atoms with Crippen LogP contribution in [0.5, 0.6) is 0 Å². The fourth-order valence-electron chi connectivity index (χ4n) is 4.78. The third-order valence-corrected chi connectivity index (χ3v) is 8.91. The molecule has 0 N–H and O–H groups in total. The van der Waals surface area contributed by atoms with Gasteiger partial charge in [-0.1, -0.05) is 77.9 Å². The molecule has 3 aromatic rings. The lowest BCUT2D eigenvalue weighted by atomic mass is 10.0. The fourth-order valence-corrected chi connectivity index (χ4v) is 6.68. The predicted molar refractivity (Wildman–Crippen MR) is 144 cm³/mol. The molecule has 1 saturated heterocycles. The van der Waals surface area contributed by atoms with Gasteiger partial charge in [0, 0.05) is 12.5 Å². The SMILES string of the molecule is CCOC(=O)[C@H]1[C@H](COCc2ccccc2)[C@@H](S(=O)(=O)c2ccc(C)cc2)C(=O)N1Cc1ccc(C)cc1. The maximum atomic E-state index is 13.9. The Morgan fingerprint density at radius 1 is 0.868 bits per heavy atom. The number of ether oxygens (including phenoxy) is 2. The molecule has 1 fully saturated rings. The van der Waals surface area contributed by atoms with Crippen molar-refractivity contribution in [3.05, 3.63) is 101 Å². The molecule has 200 valence electrons. The van der Waals surface area contributed by atoms with Crippen LogP contribution in [0.2, 0.25) is 0 Å². The van der Waals surface area contributed by atoms with E-state index in [2.05, 4.69) is 0 Å².